The minimum absolute atomic E-state index is 0.0451. The van der Waals surface area contributed by atoms with E-state index in [0.717, 1.165) is 0 Å². The Morgan fingerprint density at radius 2 is 2.06 bits per heavy atom. The third-order valence-electron chi connectivity index (χ3n) is 2.59. The number of nitrogens with one attached hydrogen (secondary N) is 1. The third-order valence-corrected chi connectivity index (χ3v) is 2.59. The summed E-state index contributed by atoms with van der Waals surface area (Å²) in [5, 5.41) is 6.44. The van der Waals surface area contributed by atoms with E-state index in [1.54, 1.807) is 18.1 Å². The molecule has 0 unspecified atom stereocenters. The zero-order valence-electron chi connectivity index (χ0n) is 10.9. The number of nitrogens with zero attached hydrogens (tertiary/aromatic N) is 3. The van der Waals surface area contributed by atoms with Crippen molar-refractivity contribution >= 4 is 17.5 Å². The average molecular weight is 253 g/mol. The molecule has 1 rings (SSSR count). The van der Waals surface area contributed by atoms with Crippen molar-refractivity contribution in [1.29, 1.82) is 0 Å². The maximum absolute atomic E-state index is 11.7. The summed E-state index contributed by atoms with van der Waals surface area (Å²) in [6.45, 7) is 4.98. The molecule has 0 saturated heterocycles. The van der Waals surface area contributed by atoms with Crippen LogP contribution in [0, 0.1) is 0 Å². The predicted molar refractivity (Wildman–Crippen MR) is 67.9 cm³/mol. The third kappa shape index (κ3) is 3.22. The van der Waals surface area contributed by atoms with Gasteiger partial charge in [-0.3, -0.25) is 14.3 Å². The minimum atomic E-state index is -0.436. The molecule has 3 N–H and O–H groups in total. The van der Waals surface area contributed by atoms with Crippen LogP contribution in [0.4, 0.5) is 5.69 Å². The molecule has 0 aliphatic heterocycles. The van der Waals surface area contributed by atoms with Gasteiger partial charge in [0.25, 0.3) is 5.91 Å². The van der Waals surface area contributed by atoms with Crippen LogP contribution in [0.15, 0.2) is 6.20 Å². The Bertz CT molecular complexity index is 437. The summed E-state index contributed by atoms with van der Waals surface area (Å²) in [7, 11) is 1.67. The fourth-order valence-corrected chi connectivity index (χ4v) is 1.61. The quantitative estimate of drug-likeness (QED) is 0.746. The molecule has 1 aromatic rings. The van der Waals surface area contributed by atoms with E-state index in [-0.39, 0.29) is 18.1 Å². The topological polar surface area (TPSA) is 93.2 Å². The zero-order valence-corrected chi connectivity index (χ0v) is 10.9. The Hall–Kier alpha value is -2.05. The Kier molecular flexibility index (Phi) is 4.70. The first-order valence-corrected chi connectivity index (χ1v) is 5.84. The largest absolute Gasteiger partial charge is 0.396 e. The van der Waals surface area contributed by atoms with Crippen molar-refractivity contribution < 1.29 is 9.59 Å². The van der Waals surface area contributed by atoms with E-state index in [1.807, 2.05) is 13.8 Å². The van der Waals surface area contributed by atoms with E-state index in [0.29, 0.717) is 18.8 Å². The second kappa shape index (κ2) is 6.04. The van der Waals surface area contributed by atoms with Crippen molar-refractivity contribution in [2.45, 2.75) is 13.8 Å². The Balaban J connectivity index is 2.56. The first-order valence-electron chi connectivity index (χ1n) is 5.84. The number of hydrogen-bond acceptors (Lipinski definition) is 4. The van der Waals surface area contributed by atoms with Crippen LogP contribution < -0.4 is 11.1 Å². The van der Waals surface area contributed by atoms with Crippen LogP contribution in [0.25, 0.3) is 0 Å². The highest BCUT2D eigenvalue weighted by Gasteiger charge is 2.16. The molecule has 0 radical (unpaired) electrons. The predicted octanol–water partition coefficient (Wildman–Crippen LogP) is -0.399. The van der Waals surface area contributed by atoms with Crippen molar-refractivity contribution in [2.75, 3.05) is 25.4 Å². The smallest absolute Gasteiger partial charge is 0.274 e. The van der Waals surface area contributed by atoms with E-state index in [2.05, 4.69) is 10.4 Å². The first kappa shape index (κ1) is 14.0. The monoisotopic (exact) mass is 253 g/mol. The van der Waals surface area contributed by atoms with Crippen LogP contribution in [0.2, 0.25) is 0 Å². The van der Waals surface area contributed by atoms with E-state index in [1.165, 1.54) is 4.68 Å². The lowest BCUT2D eigenvalue weighted by atomic mass is 10.3. The highest BCUT2D eigenvalue weighted by Crippen LogP contribution is 2.07. The summed E-state index contributed by atoms with van der Waals surface area (Å²) in [5.41, 5.74) is 6.06. The lowest BCUT2D eigenvalue weighted by Crippen LogP contribution is -2.40. The van der Waals surface area contributed by atoms with Crippen molar-refractivity contribution in [2.24, 2.45) is 7.05 Å². The molecular weight excluding hydrogens is 234 g/mol. The van der Waals surface area contributed by atoms with Crippen LogP contribution in [0.1, 0.15) is 24.3 Å². The molecular formula is C11H19N5O2. The number of nitrogens with two attached hydrogens (primary N) is 1. The number of carbonyl (C=O) groups excluding carboxylic acids is 2. The van der Waals surface area contributed by atoms with E-state index in [4.69, 9.17) is 5.73 Å². The molecule has 0 saturated carbocycles. The van der Waals surface area contributed by atoms with Crippen LogP contribution in [-0.4, -0.2) is 46.1 Å². The average Bonchev–Trinajstić information content (AvgIpc) is 2.67. The molecule has 2 amide bonds. The number of nitrogen functional groups attached to an aromatic ring is 1. The maximum Gasteiger partial charge on any atom is 0.274 e. The molecule has 0 fully saturated rings. The van der Waals surface area contributed by atoms with Crippen molar-refractivity contribution in [1.82, 2.24) is 20.0 Å². The van der Waals surface area contributed by atoms with Gasteiger partial charge in [0, 0.05) is 26.3 Å². The molecule has 0 spiro atoms. The summed E-state index contributed by atoms with van der Waals surface area (Å²) in [5.74, 6) is -0.559. The molecule has 0 aliphatic rings. The van der Waals surface area contributed by atoms with Gasteiger partial charge in [-0.15, -0.1) is 0 Å². The van der Waals surface area contributed by atoms with Gasteiger partial charge < -0.3 is 16.0 Å². The van der Waals surface area contributed by atoms with Gasteiger partial charge in [-0.2, -0.15) is 5.10 Å². The minimum Gasteiger partial charge on any atom is -0.396 e. The van der Waals surface area contributed by atoms with Crippen LogP contribution in [0.5, 0.6) is 0 Å². The molecule has 1 heterocycles. The summed E-state index contributed by atoms with van der Waals surface area (Å²) in [4.78, 5) is 25.1. The van der Waals surface area contributed by atoms with Crippen molar-refractivity contribution in [3.8, 4) is 0 Å². The number of rotatable bonds is 5. The maximum atomic E-state index is 11.7. The summed E-state index contributed by atoms with van der Waals surface area (Å²) in [6.07, 6.45) is 1.54. The second-order valence-corrected chi connectivity index (χ2v) is 3.86. The highest BCUT2D eigenvalue weighted by atomic mass is 16.2. The number of likely N-dealkylation sites (N-methyl/N-ethyl adjacent to an activating group) is 1. The lowest BCUT2D eigenvalue weighted by molar-refractivity contribution is -0.129. The van der Waals surface area contributed by atoms with Crippen molar-refractivity contribution in [3.05, 3.63) is 11.9 Å². The van der Waals surface area contributed by atoms with Gasteiger partial charge >= 0.3 is 0 Å². The van der Waals surface area contributed by atoms with Gasteiger partial charge in [0.2, 0.25) is 5.91 Å². The molecule has 7 nitrogen and oxygen atoms in total. The zero-order chi connectivity index (χ0) is 13.7. The standard InChI is InChI=1S/C11H19N5O2/c1-4-16(5-2)9(17)6-13-11(18)10-8(12)7-15(3)14-10/h7H,4-6,12H2,1-3H3,(H,13,18). The van der Waals surface area contributed by atoms with Gasteiger partial charge in [0.1, 0.15) is 0 Å². The number of aryl methyl sites for hydroxylation is 1. The summed E-state index contributed by atoms with van der Waals surface area (Å²) >= 11 is 0. The van der Waals surface area contributed by atoms with E-state index >= 15 is 0 Å². The molecule has 0 aliphatic carbocycles. The second-order valence-electron chi connectivity index (χ2n) is 3.86. The highest BCUT2D eigenvalue weighted by molar-refractivity contribution is 5.98. The van der Waals surface area contributed by atoms with Crippen molar-refractivity contribution in [3.63, 3.8) is 0 Å². The molecule has 0 bridgehead atoms. The lowest BCUT2D eigenvalue weighted by Gasteiger charge is -2.18. The molecule has 0 aromatic carbocycles. The normalized spacial score (nSPS) is 10.2. The number of amides is 2. The van der Waals surface area contributed by atoms with E-state index in [9.17, 15) is 9.59 Å². The summed E-state index contributed by atoms with van der Waals surface area (Å²) in [6, 6.07) is 0. The number of aromatic nitrogens is 2. The SMILES string of the molecule is CCN(CC)C(=O)CNC(=O)c1nn(C)cc1N. The number of hydrogen-bond donors (Lipinski definition) is 2. The summed E-state index contributed by atoms with van der Waals surface area (Å²) < 4.78 is 1.45. The van der Waals surface area contributed by atoms with E-state index < -0.39 is 5.91 Å². The molecule has 18 heavy (non-hydrogen) atoms. The van der Waals surface area contributed by atoms with Gasteiger partial charge in [-0.05, 0) is 13.8 Å². The molecule has 100 valence electrons. The number of carbonyl (C=O) groups is 2. The van der Waals surface area contributed by atoms with Gasteiger partial charge in [-0.1, -0.05) is 0 Å². The molecule has 7 heteroatoms. The fraction of sp³-hybridized carbons (Fsp3) is 0.545. The van der Waals surface area contributed by atoms with Gasteiger partial charge in [-0.25, -0.2) is 0 Å². The molecule has 1 aromatic heterocycles. The van der Waals surface area contributed by atoms with Crippen LogP contribution >= 0.6 is 0 Å². The Morgan fingerprint density at radius 1 is 1.44 bits per heavy atom. The fourth-order valence-electron chi connectivity index (χ4n) is 1.61. The Morgan fingerprint density at radius 3 is 2.50 bits per heavy atom. The number of anilines is 1. The Labute approximate surface area is 106 Å². The van der Waals surface area contributed by atoms with Crippen LogP contribution in [0.3, 0.4) is 0 Å². The van der Waals surface area contributed by atoms with Gasteiger partial charge in [0.05, 0.1) is 12.2 Å². The van der Waals surface area contributed by atoms with Gasteiger partial charge in [0.15, 0.2) is 5.69 Å². The van der Waals surface area contributed by atoms with Crippen LogP contribution in [-0.2, 0) is 11.8 Å². The molecule has 0 atom stereocenters. The first-order chi connectivity index (χ1) is 8.49.